The molecule has 0 saturated heterocycles. The van der Waals surface area contributed by atoms with Gasteiger partial charge < -0.3 is 0 Å². The van der Waals surface area contributed by atoms with Crippen molar-refractivity contribution in [1.82, 2.24) is 14.8 Å². The smallest absolute Gasteiger partial charge is 0.258 e. The minimum atomic E-state index is -0.449. The lowest BCUT2D eigenvalue weighted by atomic mass is 10.3. The van der Waals surface area contributed by atoms with Gasteiger partial charge in [-0.3, -0.25) is 10.1 Å². The Morgan fingerprint density at radius 3 is 2.80 bits per heavy atom. The third-order valence-electron chi connectivity index (χ3n) is 1.98. The molecule has 15 heavy (non-hydrogen) atoms. The van der Waals surface area contributed by atoms with E-state index >= 15 is 0 Å². The Bertz CT molecular complexity index is 493. The maximum atomic E-state index is 10.6. The molecule has 0 spiro atoms. The standard InChI is InChI=1S/C9H8N4O2/c1-7-8(13(14)15)3-4-9(11-7)12-6-2-5-10-12/h2-6H,1H3. The number of aromatic nitrogens is 3. The second-order valence-electron chi connectivity index (χ2n) is 2.98. The first-order chi connectivity index (χ1) is 7.18. The molecule has 0 aromatic carbocycles. The minimum Gasteiger partial charge on any atom is -0.258 e. The molecule has 0 unspecified atom stereocenters. The summed E-state index contributed by atoms with van der Waals surface area (Å²) in [6.07, 6.45) is 3.35. The van der Waals surface area contributed by atoms with E-state index in [-0.39, 0.29) is 5.69 Å². The fourth-order valence-corrected chi connectivity index (χ4v) is 1.27. The van der Waals surface area contributed by atoms with Gasteiger partial charge in [0.1, 0.15) is 5.69 Å². The van der Waals surface area contributed by atoms with Crippen LogP contribution in [0.25, 0.3) is 5.82 Å². The summed E-state index contributed by atoms with van der Waals surface area (Å²) in [7, 11) is 0. The Labute approximate surface area is 85.3 Å². The third-order valence-corrected chi connectivity index (χ3v) is 1.98. The van der Waals surface area contributed by atoms with E-state index in [1.807, 2.05) is 0 Å². The van der Waals surface area contributed by atoms with Crippen molar-refractivity contribution >= 4 is 5.69 Å². The molecular weight excluding hydrogens is 196 g/mol. The Morgan fingerprint density at radius 2 is 2.27 bits per heavy atom. The molecule has 0 bridgehead atoms. The van der Waals surface area contributed by atoms with Gasteiger partial charge in [0.05, 0.1) is 4.92 Å². The Morgan fingerprint density at radius 1 is 1.47 bits per heavy atom. The maximum Gasteiger partial charge on any atom is 0.290 e. The fourth-order valence-electron chi connectivity index (χ4n) is 1.27. The summed E-state index contributed by atoms with van der Waals surface area (Å²) in [5, 5.41) is 14.5. The second kappa shape index (κ2) is 3.49. The van der Waals surface area contributed by atoms with E-state index < -0.39 is 4.92 Å². The number of hydrogen-bond donors (Lipinski definition) is 0. The molecule has 6 heteroatoms. The highest BCUT2D eigenvalue weighted by Crippen LogP contribution is 2.16. The van der Waals surface area contributed by atoms with Gasteiger partial charge in [-0.1, -0.05) is 0 Å². The van der Waals surface area contributed by atoms with Crippen molar-refractivity contribution in [3.8, 4) is 5.82 Å². The lowest BCUT2D eigenvalue weighted by Gasteiger charge is -2.01. The third kappa shape index (κ3) is 1.69. The van der Waals surface area contributed by atoms with Crippen molar-refractivity contribution in [2.75, 3.05) is 0 Å². The Balaban J connectivity index is 2.47. The van der Waals surface area contributed by atoms with Gasteiger partial charge in [-0.05, 0) is 19.1 Å². The molecule has 0 atom stereocenters. The van der Waals surface area contributed by atoms with Crippen LogP contribution in [0.1, 0.15) is 5.69 Å². The molecule has 6 nitrogen and oxygen atoms in total. The highest BCUT2D eigenvalue weighted by Gasteiger charge is 2.12. The first-order valence-corrected chi connectivity index (χ1v) is 4.30. The van der Waals surface area contributed by atoms with E-state index in [1.54, 1.807) is 36.1 Å². The largest absolute Gasteiger partial charge is 0.290 e. The molecule has 0 fully saturated rings. The molecule has 0 aliphatic rings. The van der Waals surface area contributed by atoms with Gasteiger partial charge in [0.25, 0.3) is 5.69 Å². The maximum absolute atomic E-state index is 10.6. The van der Waals surface area contributed by atoms with Crippen LogP contribution >= 0.6 is 0 Å². The SMILES string of the molecule is Cc1nc(-n2cccn2)ccc1[N+](=O)[O-]. The van der Waals surface area contributed by atoms with Gasteiger partial charge in [-0.25, -0.2) is 9.67 Å². The van der Waals surface area contributed by atoms with Crippen LogP contribution in [0.2, 0.25) is 0 Å². The van der Waals surface area contributed by atoms with Crippen molar-refractivity contribution in [3.05, 3.63) is 46.4 Å². The van der Waals surface area contributed by atoms with Crippen LogP contribution in [0.15, 0.2) is 30.6 Å². The van der Waals surface area contributed by atoms with E-state index in [2.05, 4.69) is 10.1 Å². The molecule has 0 aliphatic heterocycles. The van der Waals surface area contributed by atoms with Gasteiger partial charge in [-0.15, -0.1) is 0 Å². The van der Waals surface area contributed by atoms with Crippen LogP contribution in [-0.2, 0) is 0 Å². The van der Waals surface area contributed by atoms with Gasteiger partial charge in [0.2, 0.25) is 0 Å². The first-order valence-electron chi connectivity index (χ1n) is 4.30. The highest BCUT2D eigenvalue weighted by molar-refractivity contribution is 5.39. The molecule has 0 amide bonds. The lowest BCUT2D eigenvalue weighted by molar-refractivity contribution is -0.385. The minimum absolute atomic E-state index is 0.0194. The molecular formula is C9H8N4O2. The van der Waals surface area contributed by atoms with Crippen LogP contribution in [0.4, 0.5) is 5.69 Å². The number of nitrogens with zero attached hydrogens (tertiary/aromatic N) is 4. The summed E-state index contributed by atoms with van der Waals surface area (Å²) in [6.45, 7) is 1.60. The number of aryl methyl sites for hydroxylation is 1. The predicted octanol–water partition coefficient (Wildman–Crippen LogP) is 1.48. The molecule has 0 radical (unpaired) electrons. The zero-order valence-electron chi connectivity index (χ0n) is 7.99. The topological polar surface area (TPSA) is 73.8 Å². The number of rotatable bonds is 2. The zero-order valence-corrected chi connectivity index (χ0v) is 7.99. The van der Waals surface area contributed by atoms with E-state index in [4.69, 9.17) is 0 Å². The number of nitro groups is 1. The molecule has 0 saturated carbocycles. The van der Waals surface area contributed by atoms with Crippen molar-refractivity contribution in [2.24, 2.45) is 0 Å². The summed E-state index contributed by atoms with van der Waals surface area (Å²) >= 11 is 0. The van der Waals surface area contributed by atoms with Gasteiger partial charge in [0.15, 0.2) is 5.82 Å². The van der Waals surface area contributed by atoms with Gasteiger partial charge in [0, 0.05) is 18.5 Å². The van der Waals surface area contributed by atoms with Gasteiger partial charge >= 0.3 is 0 Å². The summed E-state index contributed by atoms with van der Waals surface area (Å²) in [6, 6.07) is 4.76. The van der Waals surface area contributed by atoms with Crippen molar-refractivity contribution < 1.29 is 4.92 Å². The summed E-state index contributed by atoms with van der Waals surface area (Å²) in [5.74, 6) is 0.572. The molecule has 2 rings (SSSR count). The molecule has 2 heterocycles. The number of pyridine rings is 1. The Kier molecular flexibility index (Phi) is 2.17. The monoisotopic (exact) mass is 204 g/mol. The molecule has 0 aliphatic carbocycles. The fraction of sp³-hybridized carbons (Fsp3) is 0.111. The normalized spacial score (nSPS) is 10.2. The highest BCUT2D eigenvalue weighted by atomic mass is 16.6. The molecule has 76 valence electrons. The lowest BCUT2D eigenvalue weighted by Crippen LogP contribution is -2.01. The summed E-state index contributed by atoms with van der Waals surface area (Å²) < 4.78 is 1.55. The van der Waals surface area contributed by atoms with E-state index in [0.29, 0.717) is 11.5 Å². The zero-order chi connectivity index (χ0) is 10.8. The van der Waals surface area contributed by atoms with Crippen LogP contribution in [-0.4, -0.2) is 19.7 Å². The summed E-state index contributed by atoms with van der Waals surface area (Å²) in [4.78, 5) is 14.2. The average molecular weight is 204 g/mol. The van der Waals surface area contributed by atoms with Crippen molar-refractivity contribution in [1.29, 1.82) is 0 Å². The van der Waals surface area contributed by atoms with Crippen molar-refractivity contribution in [3.63, 3.8) is 0 Å². The average Bonchev–Trinajstić information content (AvgIpc) is 2.69. The van der Waals surface area contributed by atoms with Crippen LogP contribution in [0, 0.1) is 17.0 Å². The quantitative estimate of drug-likeness (QED) is 0.548. The van der Waals surface area contributed by atoms with E-state index in [0.717, 1.165) is 0 Å². The van der Waals surface area contributed by atoms with E-state index in [9.17, 15) is 10.1 Å². The molecule has 2 aromatic heterocycles. The first kappa shape index (κ1) is 9.32. The number of hydrogen-bond acceptors (Lipinski definition) is 4. The van der Waals surface area contributed by atoms with Gasteiger partial charge in [-0.2, -0.15) is 5.10 Å². The van der Waals surface area contributed by atoms with E-state index in [1.165, 1.54) is 6.07 Å². The van der Waals surface area contributed by atoms with Crippen LogP contribution in [0.5, 0.6) is 0 Å². The summed E-state index contributed by atoms with van der Waals surface area (Å²) in [5.41, 5.74) is 0.402. The second-order valence-corrected chi connectivity index (χ2v) is 2.98. The van der Waals surface area contributed by atoms with Crippen LogP contribution in [0.3, 0.4) is 0 Å². The predicted molar refractivity (Wildman–Crippen MR) is 52.8 cm³/mol. The molecule has 2 aromatic rings. The van der Waals surface area contributed by atoms with Crippen LogP contribution < -0.4 is 0 Å². The van der Waals surface area contributed by atoms with Crippen molar-refractivity contribution in [2.45, 2.75) is 6.92 Å². The Hall–Kier alpha value is -2.24. The molecule has 0 N–H and O–H groups in total.